The van der Waals surface area contributed by atoms with Gasteiger partial charge in [0.25, 0.3) is 0 Å². The summed E-state index contributed by atoms with van der Waals surface area (Å²) in [6.07, 6.45) is 4.54. The number of halogens is 2. The van der Waals surface area contributed by atoms with Crippen LogP contribution < -0.4 is 5.32 Å². The summed E-state index contributed by atoms with van der Waals surface area (Å²) in [6, 6.07) is 3.85. The fourth-order valence-corrected chi connectivity index (χ4v) is 1.95. The average Bonchev–Trinajstić information content (AvgIpc) is 3.05. The van der Waals surface area contributed by atoms with Crippen molar-refractivity contribution in [1.29, 1.82) is 0 Å². The van der Waals surface area contributed by atoms with Gasteiger partial charge in [0.05, 0.1) is 13.2 Å². The molecule has 2 rings (SSSR count). The molecule has 0 aliphatic heterocycles. The first-order valence-electron chi connectivity index (χ1n) is 6.36. The molecule has 0 fully saturated rings. The molecule has 20 heavy (non-hydrogen) atoms. The summed E-state index contributed by atoms with van der Waals surface area (Å²) in [4.78, 5) is 3.98. The zero-order valence-corrected chi connectivity index (χ0v) is 11.3. The molecule has 0 radical (unpaired) electrons. The van der Waals surface area contributed by atoms with E-state index in [2.05, 4.69) is 10.3 Å². The van der Waals surface area contributed by atoms with Gasteiger partial charge in [0.1, 0.15) is 5.82 Å². The SMILES string of the molecule is COCCNCc1cccn1Cc1nccn1C(F)F. The van der Waals surface area contributed by atoms with E-state index in [4.69, 9.17) is 4.74 Å². The Bertz CT molecular complexity index is 524. The van der Waals surface area contributed by atoms with Crippen LogP contribution in [0.25, 0.3) is 0 Å². The summed E-state index contributed by atoms with van der Waals surface area (Å²) >= 11 is 0. The lowest BCUT2D eigenvalue weighted by molar-refractivity contribution is 0.0667. The van der Waals surface area contributed by atoms with E-state index in [1.807, 2.05) is 22.9 Å². The van der Waals surface area contributed by atoms with E-state index in [0.29, 0.717) is 25.5 Å². The first kappa shape index (κ1) is 14.7. The molecule has 0 saturated carbocycles. The molecule has 0 spiro atoms. The number of alkyl halides is 2. The molecule has 110 valence electrons. The maximum Gasteiger partial charge on any atom is 0.319 e. The second-order valence-electron chi connectivity index (χ2n) is 4.33. The molecule has 5 nitrogen and oxygen atoms in total. The zero-order valence-electron chi connectivity index (χ0n) is 11.3. The van der Waals surface area contributed by atoms with Crippen LogP contribution in [0.3, 0.4) is 0 Å². The van der Waals surface area contributed by atoms with E-state index in [1.54, 1.807) is 7.11 Å². The van der Waals surface area contributed by atoms with E-state index >= 15 is 0 Å². The number of imidazole rings is 1. The molecule has 2 heterocycles. The lowest BCUT2D eigenvalue weighted by Crippen LogP contribution is -2.21. The highest BCUT2D eigenvalue weighted by Gasteiger charge is 2.12. The quantitative estimate of drug-likeness (QED) is 0.753. The number of hydrogen-bond acceptors (Lipinski definition) is 3. The molecule has 1 N–H and O–H groups in total. The Labute approximate surface area is 116 Å². The molecule has 0 atom stereocenters. The van der Waals surface area contributed by atoms with Crippen molar-refractivity contribution in [3.05, 3.63) is 42.2 Å². The zero-order chi connectivity index (χ0) is 14.4. The van der Waals surface area contributed by atoms with E-state index in [-0.39, 0.29) is 0 Å². The van der Waals surface area contributed by atoms with Gasteiger partial charge in [0.15, 0.2) is 0 Å². The van der Waals surface area contributed by atoms with Gasteiger partial charge in [-0.25, -0.2) is 4.98 Å². The second kappa shape index (κ2) is 7.16. The molecular formula is C13H18F2N4O. The summed E-state index contributed by atoms with van der Waals surface area (Å²) in [6.45, 7) is -0.201. The number of nitrogens with one attached hydrogen (secondary N) is 1. The number of rotatable bonds is 8. The topological polar surface area (TPSA) is 44.0 Å². The maximum absolute atomic E-state index is 12.8. The fraction of sp³-hybridized carbons (Fsp3) is 0.462. The molecule has 0 unspecified atom stereocenters. The predicted molar refractivity (Wildman–Crippen MR) is 70.6 cm³/mol. The third-order valence-corrected chi connectivity index (χ3v) is 2.98. The Morgan fingerprint density at radius 1 is 1.40 bits per heavy atom. The largest absolute Gasteiger partial charge is 0.383 e. The minimum absolute atomic E-state index is 0.325. The van der Waals surface area contributed by atoms with Gasteiger partial charge in [-0.15, -0.1) is 0 Å². The Hall–Kier alpha value is -1.73. The van der Waals surface area contributed by atoms with E-state index < -0.39 is 6.55 Å². The normalized spacial score (nSPS) is 11.4. The number of methoxy groups -OCH3 is 1. The molecule has 0 amide bonds. The number of hydrogen-bond donors (Lipinski definition) is 1. The Balaban J connectivity index is 1.99. The van der Waals surface area contributed by atoms with Crippen LogP contribution in [0.2, 0.25) is 0 Å². The van der Waals surface area contributed by atoms with Crippen molar-refractivity contribution in [2.75, 3.05) is 20.3 Å². The summed E-state index contributed by atoms with van der Waals surface area (Å²) in [5, 5.41) is 3.22. The monoisotopic (exact) mass is 284 g/mol. The highest BCUT2D eigenvalue weighted by Crippen LogP contribution is 2.14. The molecule has 0 aromatic carbocycles. The number of ether oxygens (including phenoxy) is 1. The van der Waals surface area contributed by atoms with E-state index in [9.17, 15) is 8.78 Å². The molecule has 7 heteroatoms. The van der Waals surface area contributed by atoms with Crippen LogP contribution in [0, 0.1) is 0 Å². The Morgan fingerprint density at radius 2 is 2.25 bits per heavy atom. The van der Waals surface area contributed by atoms with Crippen molar-refractivity contribution in [2.24, 2.45) is 0 Å². The Morgan fingerprint density at radius 3 is 3.00 bits per heavy atom. The standard InChI is InChI=1S/C13H18F2N4O/c1-20-8-5-16-9-11-3-2-6-18(11)10-12-17-4-7-19(12)13(14)15/h2-4,6-7,13,16H,5,8-10H2,1H3. The van der Waals surface area contributed by atoms with Crippen molar-refractivity contribution in [1.82, 2.24) is 19.4 Å². The predicted octanol–water partition coefficient (Wildman–Crippen LogP) is 1.86. The van der Waals surface area contributed by atoms with Crippen LogP contribution in [0.4, 0.5) is 8.78 Å². The second-order valence-corrected chi connectivity index (χ2v) is 4.33. The van der Waals surface area contributed by atoms with E-state index in [1.165, 1.54) is 12.4 Å². The summed E-state index contributed by atoms with van der Waals surface area (Å²) in [5.74, 6) is 0.342. The molecule has 2 aromatic rings. The number of aromatic nitrogens is 3. The highest BCUT2D eigenvalue weighted by atomic mass is 19.3. The molecular weight excluding hydrogens is 266 g/mol. The van der Waals surface area contributed by atoms with Gasteiger partial charge in [0, 0.05) is 44.5 Å². The fourth-order valence-electron chi connectivity index (χ4n) is 1.95. The Kier molecular flexibility index (Phi) is 5.25. The third kappa shape index (κ3) is 3.64. The van der Waals surface area contributed by atoms with Gasteiger partial charge in [-0.3, -0.25) is 4.57 Å². The lowest BCUT2D eigenvalue weighted by Gasteiger charge is -2.11. The smallest absolute Gasteiger partial charge is 0.319 e. The van der Waals surface area contributed by atoms with Gasteiger partial charge in [-0.05, 0) is 12.1 Å². The minimum Gasteiger partial charge on any atom is -0.383 e. The van der Waals surface area contributed by atoms with Gasteiger partial charge < -0.3 is 14.6 Å². The maximum atomic E-state index is 12.8. The van der Waals surface area contributed by atoms with Gasteiger partial charge in [0.2, 0.25) is 0 Å². The molecule has 0 bridgehead atoms. The first-order valence-corrected chi connectivity index (χ1v) is 6.36. The van der Waals surface area contributed by atoms with Crippen LogP contribution in [-0.4, -0.2) is 34.4 Å². The summed E-state index contributed by atoms with van der Waals surface area (Å²) in [7, 11) is 1.65. The molecule has 0 aliphatic carbocycles. The molecule has 0 saturated heterocycles. The lowest BCUT2D eigenvalue weighted by atomic mass is 10.4. The van der Waals surface area contributed by atoms with Crippen molar-refractivity contribution in [2.45, 2.75) is 19.6 Å². The van der Waals surface area contributed by atoms with Crippen LogP contribution in [-0.2, 0) is 17.8 Å². The summed E-state index contributed by atoms with van der Waals surface area (Å²) in [5.41, 5.74) is 1.02. The van der Waals surface area contributed by atoms with Crippen LogP contribution in [0.1, 0.15) is 18.1 Å². The van der Waals surface area contributed by atoms with Crippen molar-refractivity contribution >= 4 is 0 Å². The van der Waals surface area contributed by atoms with Crippen molar-refractivity contribution < 1.29 is 13.5 Å². The van der Waals surface area contributed by atoms with Crippen molar-refractivity contribution in [3.63, 3.8) is 0 Å². The van der Waals surface area contributed by atoms with Crippen LogP contribution in [0.15, 0.2) is 30.7 Å². The average molecular weight is 284 g/mol. The van der Waals surface area contributed by atoms with Crippen molar-refractivity contribution in [3.8, 4) is 0 Å². The third-order valence-electron chi connectivity index (χ3n) is 2.98. The van der Waals surface area contributed by atoms with E-state index in [0.717, 1.165) is 16.8 Å². The molecule has 2 aromatic heterocycles. The van der Waals surface area contributed by atoms with Crippen LogP contribution in [0.5, 0.6) is 0 Å². The summed E-state index contributed by atoms with van der Waals surface area (Å²) < 4.78 is 33.3. The van der Waals surface area contributed by atoms with Gasteiger partial charge >= 0.3 is 6.55 Å². The highest BCUT2D eigenvalue weighted by molar-refractivity contribution is 5.09. The van der Waals surface area contributed by atoms with Crippen LogP contribution >= 0.6 is 0 Å². The minimum atomic E-state index is -2.56. The first-order chi connectivity index (χ1) is 9.72. The van der Waals surface area contributed by atoms with Gasteiger partial charge in [-0.1, -0.05) is 0 Å². The van der Waals surface area contributed by atoms with Gasteiger partial charge in [-0.2, -0.15) is 8.78 Å². The number of nitrogens with zero attached hydrogens (tertiary/aromatic N) is 3. The molecule has 0 aliphatic rings.